The monoisotopic (exact) mass is 184 g/mol. The maximum absolute atomic E-state index is 5.51. The Morgan fingerprint density at radius 1 is 1.77 bits per heavy atom. The Balaban J connectivity index is 2.32. The second-order valence-corrected chi connectivity index (χ2v) is 3.78. The van der Waals surface area contributed by atoms with Crippen LogP contribution in [0, 0.1) is 5.92 Å². The molecule has 3 nitrogen and oxygen atoms in total. The molecule has 0 aromatic rings. The lowest BCUT2D eigenvalue weighted by molar-refractivity contribution is 0.116. The van der Waals surface area contributed by atoms with Gasteiger partial charge in [-0.05, 0) is 26.2 Å². The van der Waals surface area contributed by atoms with E-state index in [2.05, 4.69) is 18.9 Å². The van der Waals surface area contributed by atoms with Gasteiger partial charge in [-0.2, -0.15) is 0 Å². The van der Waals surface area contributed by atoms with E-state index in [1.54, 1.807) is 0 Å². The maximum atomic E-state index is 5.51. The van der Waals surface area contributed by atoms with Gasteiger partial charge >= 0.3 is 0 Å². The summed E-state index contributed by atoms with van der Waals surface area (Å²) in [6.45, 7) is 6.66. The first-order valence-corrected chi connectivity index (χ1v) is 4.96. The molecular weight excluding hydrogens is 164 g/mol. The zero-order valence-corrected chi connectivity index (χ0v) is 8.33. The first-order valence-electron chi connectivity index (χ1n) is 4.96. The molecule has 0 aromatic carbocycles. The van der Waals surface area contributed by atoms with E-state index in [4.69, 9.17) is 10.6 Å². The van der Waals surface area contributed by atoms with Crippen LogP contribution in [-0.2, 0) is 4.74 Å². The van der Waals surface area contributed by atoms with E-state index < -0.39 is 0 Å². The summed E-state index contributed by atoms with van der Waals surface area (Å²) in [6, 6.07) is 0.378. The van der Waals surface area contributed by atoms with Crippen molar-refractivity contribution in [1.29, 1.82) is 0 Å². The van der Waals surface area contributed by atoms with E-state index >= 15 is 0 Å². The van der Waals surface area contributed by atoms with Crippen molar-refractivity contribution in [2.75, 3.05) is 6.61 Å². The van der Waals surface area contributed by atoms with Crippen LogP contribution < -0.4 is 11.3 Å². The Morgan fingerprint density at radius 3 is 3.00 bits per heavy atom. The highest BCUT2D eigenvalue weighted by Crippen LogP contribution is 2.24. The highest BCUT2D eigenvalue weighted by Gasteiger charge is 2.28. The molecule has 76 valence electrons. The molecule has 0 aliphatic carbocycles. The number of hydrogen-bond acceptors (Lipinski definition) is 3. The zero-order valence-electron chi connectivity index (χ0n) is 8.33. The molecule has 1 rings (SSSR count). The van der Waals surface area contributed by atoms with Crippen molar-refractivity contribution in [3.8, 4) is 0 Å². The molecule has 1 aliphatic heterocycles. The molecule has 0 bridgehead atoms. The molecule has 3 unspecified atom stereocenters. The Labute approximate surface area is 80.3 Å². The van der Waals surface area contributed by atoms with Gasteiger partial charge in [0.05, 0.1) is 12.7 Å². The fraction of sp³-hybridized carbons (Fsp3) is 0.800. The summed E-state index contributed by atoms with van der Waals surface area (Å²) in [4.78, 5) is 0. The molecule has 0 amide bonds. The van der Waals surface area contributed by atoms with Gasteiger partial charge in [0, 0.05) is 12.0 Å². The number of rotatable bonds is 5. The van der Waals surface area contributed by atoms with Crippen molar-refractivity contribution in [2.45, 2.75) is 38.3 Å². The third kappa shape index (κ3) is 3.10. The molecule has 3 N–H and O–H groups in total. The fourth-order valence-electron chi connectivity index (χ4n) is 1.88. The maximum Gasteiger partial charge on any atom is 0.0551 e. The molecular formula is C10H20N2O. The molecule has 3 atom stereocenters. The molecule has 1 fully saturated rings. The van der Waals surface area contributed by atoms with Crippen LogP contribution in [0.25, 0.3) is 0 Å². The van der Waals surface area contributed by atoms with Crippen molar-refractivity contribution in [3.05, 3.63) is 12.7 Å². The lowest BCUT2D eigenvalue weighted by Gasteiger charge is -2.20. The Bertz CT molecular complexity index is 161. The minimum atomic E-state index is 0.378. The van der Waals surface area contributed by atoms with E-state index in [9.17, 15) is 0 Å². The van der Waals surface area contributed by atoms with E-state index in [-0.39, 0.29) is 0 Å². The van der Waals surface area contributed by atoms with E-state index in [1.807, 2.05) is 6.08 Å². The van der Waals surface area contributed by atoms with Crippen LogP contribution >= 0.6 is 0 Å². The average Bonchev–Trinajstić information content (AvgIpc) is 2.54. The van der Waals surface area contributed by atoms with Crippen LogP contribution in [0.4, 0.5) is 0 Å². The lowest BCUT2D eigenvalue weighted by Crippen LogP contribution is -2.41. The van der Waals surface area contributed by atoms with Crippen LogP contribution in [0.2, 0.25) is 0 Å². The van der Waals surface area contributed by atoms with Crippen LogP contribution in [-0.4, -0.2) is 18.8 Å². The average molecular weight is 184 g/mol. The summed E-state index contributed by atoms with van der Waals surface area (Å²) in [5.74, 6) is 6.07. The Morgan fingerprint density at radius 2 is 2.54 bits per heavy atom. The van der Waals surface area contributed by atoms with Crippen molar-refractivity contribution < 1.29 is 4.74 Å². The normalized spacial score (nSPS) is 30.3. The molecule has 1 aliphatic rings. The van der Waals surface area contributed by atoms with Crippen LogP contribution in [0.15, 0.2) is 12.7 Å². The van der Waals surface area contributed by atoms with E-state index in [0.717, 1.165) is 25.9 Å². The molecule has 3 heteroatoms. The van der Waals surface area contributed by atoms with Crippen molar-refractivity contribution in [1.82, 2.24) is 5.43 Å². The summed E-state index contributed by atoms with van der Waals surface area (Å²) in [6.07, 6.45) is 5.51. The smallest absolute Gasteiger partial charge is 0.0551 e. The predicted molar refractivity (Wildman–Crippen MR) is 54.1 cm³/mol. The number of ether oxygens (including phenoxy) is 1. The number of hydrogen-bond donors (Lipinski definition) is 2. The summed E-state index contributed by atoms with van der Waals surface area (Å²) in [5.41, 5.74) is 2.87. The predicted octanol–water partition coefficient (Wildman–Crippen LogP) is 1.21. The van der Waals surface area contributed by atoms with Gasteiger partial charge in [-0.25, -0.2) is 0 Å². The number of allylic oxidation sites excluding steroid dienone is 1. The largest absolute Gasteiger partial charge is 0.378 e. The molecule has 1 heterocycles. The van der Waals surface area contributed by atoms with Gasteiger partial charge in [0.2, 0.25) is 0 Å². The number of hydrazine groups is 1. The van der Waals surface area contributed by atoms with Gasteiger partial charge in [0.25, 0.3) is 0 Å². The van der Waals surface area contributed by atoms with Crippen LogP contribution in [0.5, 0.6) is 0 Å². The van der Waals surface area contributed by atoms with Gasteiger partial charge in [-0.3, -0.25) is 11.3 Å². The van der Waals surface area contributed by atoms with Gasteiger partial charge < -0.3 is 4.74 Å². The van der Waals surface area contributed by atoms with Crippen LogP contribution in [0.1, 0.15) is 26.2 Å². The Kier molecular flexibility index (Phi) is 4.42. The topological polar surface area (TPSA) is 47.3 Å². The van der Waals surface area contributed by atoms with Crippen molar-refractivity contribution >= 4 is 0 Å². The highest BCUT2D eigenvalue weighted by molar-refractivity contribution is 4.82. The van der Waals surface area contributed by atoms with Gasteiger partial charge in [-0.15, -0.1) is 6.58 Å². The van der Waals surface area contributed by atoms with E-state index in [1.165, 1.54) is 0 Å². The lowest BCUT2D eigenvalue weighted by atomic mass is 9.94. The standard InChI is InChI=1S/C10H20N2O/c1-3-4-5-10(12-11)9-6-8(2)13-7-9/h3,8-10,12H,1,4-7,11H2,2H3. The first kappa shape index (κ1) is 10.7. The molecule has 1 saturated heterocycles. The third-order valence-electron chi connectivity index (χ3n) is 2.69. The van der Waals surface area contributed by atoms with Gasteiger partial charge in [0.15, 0.2) is 0 Å². The third-order valence-corrected chi connectivity index (χ3v) is 2.69. The highest BCUT2D eigenvalue weighted by atomic mass is 16.5. The van der Waals surface area contributed by atoms with Crippen molar-refractivity contribution in [3.63, 3.8) is 0 Å². The first-order chi connectivity index (χ1) is 6.27. The molecule has 13 heavy (non-hydrogen) atoms. The van der Waals surface area contributed by atoms with Crippen molar-refractivity contribution in [2.24, 2.45) is 11.8 Å². The minimum Gasteiger partial charge on any atom is -0.378 e. The summed E-state index contributed by atoms with van der Waals surface area (Å²) in [5, 5.41) is 0. The minimum absolute atomic E-state index is 0.378. The summed E-state index contributed by atoms with van der Waals surface area (Å²) >= 11 is 0. The fourth-order valence-corrected chi connectivity index (χ4v) is 1.88. The second kappa shape index (κ2) is 5.37. The quantitative estimate of drug-likeness (QED) is 0.383. The van der Waals surface area contributed by atoms with E-state index in [0.29, 0.717) is 18.1 Å². The number of nitrogens with two attached hydrogens (primary N) is 1. The summed E-state index contributed by atoms with van der Waals surface area (Å²) < 4.78 is 5.51. The second-order valence-electron chi connectivity index (χ2n) is 3.78. The zero-order chi connectivity index (χ0) is 9.68. The molecule has 0 saturated carbocycles. The number of nitrogens with one attached hydrogen (secondary N) is 1. The molecule has 0 radical (unpaired) electrons. The van der Waals surface area contributed by atoms with Crippen LogP contribution in [0.3, 0.4) is 0 Å². The Hall–Kier alpha value is -0.380. The molecule has 0 spiro atoms. The van der Waals surface area contributed by atoms with Gasteiger partial charge in [0.1, 0.15) is 0 Å². The summed E-state index contributed by atoms with van der Waals surface area (Å²) in [7, 11) is 0. The molecule has 0 aromatic heterocycles. The van der Waals surface area contributed by atoms with Gasteiger partial charge in [-0.1, -0.05) is 6.08 Å². The SMILES string of the molecule is C=CCCC(NN)C1COC(C)C1.